The highest BCUT2D eigenvalue weighted by atomic mass is 16.7. The molecule has 8 heteroatoms. The summed E-state index contributed by atoms with van der Waals surface area (Å²) in [4.78, 5) is 0. The van der Waals surface area contributed by atoms with Crippen molar-refractivity contribution >= 4 is 0 Å². The highest BCUT2D eigenvalue weighted by Crippen LogP contribution is 2.31. The van der Waals surface area contributed by atoms with Gasteiger partial charge in [-0.1, -0.05) is 0 Å². The molecule has 1 fully saturated rings. The van der Waals surface area contributed by atoms with Crippen molar-refractivity contribution in [2.24, 2.45) is 5.73 Å². The second-order valence-corrected chi connectivity index (χ2v) is 4.44. The first-order chi connectivity index (χ1) is 8.40. The second kappa shape index (κ2) is 6.22. The van der Waals surface area contributed by atoms with Gasteiger partial charge in [-0.15, -0.1) is 0 Å². The van der Waals surface area contributed by atoms with Crippen LogP contribution in [-0.2, 0) is 9.47 Å². The van der Waals surface area contributed by atoms with E-state index in [0.29, 0.717) is 0 Å². The Morgan fingerprint density at radius 1 is 1.44 bits per heavy atom. The van der Waals surface area contributed by atoms with Crippen LogP contribution < -0.4 is 5.73 Å². The van der Waals surface area contributed by atoms with Gasteiger partial charge in [-0.3, -0.25) is 0 Å². The van der Waals surface area contributed by atoms with Gasteiger partial charge in [-0.25, -0.2) is 0 Å². The van der Waals surface area contributed by atoms with Crippen molar-refractivity contribution in [1.82, 2.24) is 0 Å². The average Bonchev–Trinajstić information content (AvgIpc) is 2.40. The van der Waals surface area contributed by atoms with Crippen LogP contribution in [0.5, 0.6) is 0 Å². The lowest BCUT2D eigenvalue weighted by molar-refractivity contribution is -0.319. The van der Waals surface area contributed by atoms with Gasteiger partial charge in [0.25, 0.3) is 0 Å². The minimum atomic E-state index is -1.50. The van der Waals surface area contributed by atoms with E-state index in [4.69, 9.17) is 20.3 Å². The molecule has 1 aliphatic rings. The van der Waals surface area contributed by atoms with Crippen molar-refractivity contribution in [1.29, 1.82) is 0 Å². The maximum absolute atomic E-state index is 9.80. The van der Waals surface area contributed by atoms with E-state index in [-0.39, 0.29) is 6.42 Å². The highest BCUT2D eigenvalue weighted by molar-refractivity contribution is 4.96. The molecule has 1 rings (SSSR count). The Labute approximate surface area is 105 Å². The monoisotopic (exact) mass is 267 g/mol. The SMILES string of the molecule is COC1(CO)C[C@H](O)[C@@H](N)[C@H]([C@H](O)[C@H](O)CO)O1. The summed E-state index contributed by atoms with van der Waals surface area (Å²) in [7, 11) is 1.28. The molecule has 0 aromatic carbocycles. The number of aliphatic hydroxyl groups excluding tert-OH is 5. The first kappa shape index (κ1) is 15.7. The first-order valence-corrected chi connectivity index (χ1v) is 5.65. The van der Waals surface area contributed by atoms with Gasteiger partial charge in [0.1, 0.15) is 18.3 Å². The molecule has 1 aliphatic heterocycles. The summed E-state index contributed by atoms with van der Waals surface area (Å²) >= 11 is 0. The van der Waals surface area contributed by atoms with Gasteiger partial charge in [0, 0.05) is 13.5 Å². The molecule has 0 saturated carbocycles. The summed E-state index contributed by atoms with van der Waals surface area (Å²) in [5.41, 5.74) is 5.68. The lowest BCUT2D eigenvalue weighted by Gasteiger charge is -2.46. The van der Waals surface area contributed by atoms with Crippen LogP contribution in [0.15, 0.2) is 0 Å². The second-order valence-electron chi connectivity index (χ2n) is 4.44. The molecule has 0 amide bonds. The largest absolute Gasteiger partial charge is 0.394 e. The van der Waals surface area contributed by atoms with E-state index >= 15 is 0 Å². The van der Waals surface area contributed by atoms with Gasteiger partial charge >= 0.3 is 0 Å². The summed E-state index contributed by atoms with van der Waals surface area (Å²) in [6.45, 7) is -1.21. The Hall–Kier alpha value is -0.320. The quantitative estimate of drug-likeness (QED) is 0.301. The first-order valence-electron chi connectivity index (χ1n) is 5.65. The van der Waals surface area contributed by atoms with Crippen LogP contribution in [0.1, 0.15) is 6.42 Å². The maximum atomic E-state index is 9.80. The molecular weight excluding hydrogens is 246 g/mol. The smallest absolute Gasteiger partial charge is 0.194 e. The fourth-order valence-electron chi connectivity index (χ4n) is 1.97. The van der Waals surface area contributed by atoms with E-state index in [1.165, 1.54) is 7.11 Å². The van der Waals surface area contributed by atoms with E-state index in [1.807, 2.05) is 0 Å². The zero-order chi connectivity index (χ0) is 13.9. The molecule has 1 saturated heterocycles. The topological polar surface area (TPSA) is 146 Å². The molecule has 1 unspecified atom stereocenters. The van der Waals surface area contributed by atoms with Gasteiger partial charge < -0.3 is 40.7 Å². The van der Waals surface area contributed by atoms with Gasteiger partial charge in [-0.2, -0.15) is 0 Å². The summed E-state index contributed by atoms with van der Waals surface area (Å²) in [6, 6.07) is -0.962. The predicted molar refractivity (Wildman–Crippen MR) is 59.4 cm³/mol. The number of hydrogen-bond donors (Lipinski definition) is 6. The number of aliphatic hydroxyl groups is 5. The Morgan fingerprint density at radius 3 is 2.50 bits per heavy atom. The van der Waals surface area contributed by atoms with E-state index in [9.17, 15) is 20.4 Å². The van der Waals surface area contributed by atoms with Crippen LogP contribution in [-0.4, -0.2) is 82.1 Å². The van der Waals surface area contributed by atoms with Crippen LogP contribution in [0.3, 0.4) is 0 Å². The van der Waals surface area contributed by atoms with Gasteiger partial charge in [-0.05, 0) is 0 Å². The summed E-state index contributed by atoms with van der Waals surface area (Å²) < 4.78 is 10.4. The molecule has 0 radical (unpaired) electrons. The predicted octanol–water partition coefficient (Wildman–Crippen LogP) is -3.49. The van der Waals surface area contributed by atoms with E-state index < -0.39 is 49.5 Å². The maximum Gasteiger partial charge on any atom is 0.194 e. The van der Waals surface area contributed by atoms with Crippen LogP contribution in [0.2, 0.25) is 0 Å². The number of rotatable bonds is 5. The van der Waals surface area contributed by atoms with Crippen LogP contribution in [0.25, 0.3) is 0 Å². The number of methoxy groups -OCH3 is 1. The van der Waals surface area contributed by atoms with Crippen molar-refractivity contribution in [2.45, 2.75) is 42.7 Å². The molecule has 0 aromatic heterocycles. The molecule has 1 heterocycles. The molecule has 0 bridgehead atoms. The third kappa shape index (κ3) is 2.98. The third-order valence-corrected chi connectivity index (χ3v) is 3.23. The molecule has 8 nitrogen and oxygen atoms in total. The standard InChI is InChI=1S/C10H21NO7/c1-17-10(4-13)2-5(14)7(11)9(18-10)8(16)6(15)3-12/h5-9,12-16H,2-4,11H2,1H3/t5-,6+,7+,8+,9+,10?/m0/s1. The molecular formula is C10H21NO7. The van der Waals surface area contributed by atoms with Crippen molar-refractivity contribution in [2.75, 3.05) is 20.3 Å². The Morgan fingerprint density at radius 2 is 2.06 bits per heavy atom. The lowest BCUT2D eigenvalue weighted by atomic mass is 9.89. The number of ether oxygens (including phenoxy) is 2. The molecule has 0 spiro atoms. The van der Waals surface area contributed by atoms with Crippen LogP contribution >= 0.6 is 0 Å². The van der Waals surface area contributed by atoms with E-state index in [2.05, 4.69) is 0 Å². The molecule has 6 atom stereocenters. The zero-order valence-corrected chi connectivity index (χ0v) is 10.1. The van der Waals surface area contributed by atoms with Gasteiger partial charge in [0.2, 0.25) is 0 Å². The molecule has 18 heavy (non-hydrogen) atoms. The number of hydrogen-bond acceptors (Lipinski definition) is 8. The minimum absolute atomic E-state index is 0.0559. The number of nitrogens with two attached hydrogens (primary N) is 1. The summed E-state index contributed by atoms with van der Waals surface area (Å²) in [6.07, 6.45) is -5.25. The Balaban J connectivity index is 2.88. The Bertz CT molecular complexity index is 261. The Kier molecular flexibility index (Phi) is 5.44. The van der Waals surface area contributed by atoms with Crippen LogP contribution in [0.4, 0.5) is 0 Å². The van der Waals surface area contributed by atoms with E-state index in [0.717, 1.165) is 0 Å². The van der Waals surface area contributed by atoms with Crippen LogP contribution in [0, 0.1) is 0 Å². The fraction of sp³-hybridized carbons (Fsp3) is 1.00. The normalized spacial score (nSPS) is 40.5. The summed E-state index contributed by atoms with van der Waals surface area (Å²) in [5, 5.41) is 47.0. The summed E-state index contributed by atoms with van der Waals surface area (Å²) in [5.74, 6) is -1.48. The van der Waals surface area contributed by atoms with Crippen molar-refractivity contribution < 1.29 is 35.0 Å². The average molecular weight is 267 g/mol. The van der Waals surface area contributed by atoms with Crippen molar-refractivity contribution in [3.63, 3.8) is 0 Å². The van der Waals surface area contributed by atoms with Gasteiger partial charge in [0.05, 0.1) is 25.4 Å². The van der Waals surface area contributed by atoms with E-state index in [1.54, 1.807) is 0 Å². The molecule has 0 aromatic rings. The minimum Gasteiger partial charge on any atom is -0.394 e. The molecule has 7 N–H and O–H groups in total. The van der Waals surface area contributed by atoms with Crippen molar-refractivity contribution in [3.05, 3.63) is 0 Å². The fourth-order valence-corrected chi connectivity index (χ4v) is 1.97. The third-order valence-electron chi connectivity index (χ3n) is 3.23. The highest BCUT2D eigenvalue weighted by Gasteiger charge is 2.49. The zero-order valence-electron chi connectivity index (χ0n) is 10.1. The molecule has 0 aliphatic carbocycles. The van der Waals surface area contributed by atoms with Gasteiger partial charge in [0.15, 0.2) is 5.79 Å². The lowest BCUT2D eigenvalue weighted by Crippen LogP contribution is -2.65. The molecule has 108 valence electrons. The van der Waals surface area contributed by atoms with Crippen molar-refractivity contribution in [3.8, 4) is 0 Å².